The summed E-state index contributed by atoms with van der Waals surface area (Å²) in [7, 11) is 1.68. The number of hydrogen-bond donors (Lipinski definition) is 1. The lowest BCUT2D eigenvalue weighted by Crippen LogP contribution is -2.45. The lowest BCUT2D eigenvalue weighted by Gasteiger charge is -2.33. The van der Waals surface area contributed by atoms with E-state index in [2.05, 4.69) is 22.1 Å². The van der Waals surface area contributed by atoms with Gasteiger partial charge in [-0.1, -0.05) is 18.2 Å². The van der Waals surface area contributed by atoms with Gasteiger partial charge in [-0.15, -0.1) is 0 Å². The number of amides is 1. The predicted molar refractivity (Wildman–Crippen MR) is 129 cm³/mol. The molecule has 33 heavy (non-hydrogen) atoms. The van der Waals surface area contributed by atoms with Crippen molar-refractivity contribution in [1.82, 2.24) is 9.88 Å². The van der Waals surface area contributed by atoms with Crippen LogP contribution >= 0.6 is 0 Å². The molecule has 1 aromatic heterocycles. The van der Waals surface area contributed by atoms with Crippen molar-refractivity contribution in [3.05, 3.63) is 60.3 Å². The van der Waals surface area contributed by atoms with Gasteiger partial charge in [-0.2, -0.15) is 0 Å². The molecule has 174 valence electrons. The van der Waals surface area contributed by atoms with Gasteiger partial charge in [0.25, 0.3) is 0 Å². The fourth-order valence-corrected chi connectivity index (χ4v) is 4.53. The van der Waals surface area contributed by atoms with E-state index >= 15 is 0 Å². The van der Waals surface area contributed by atoms with Gasteiger partial charge in [0, 0.05) is 22.8 Å². The highest BCUT2D eigenvalue weighted by atomic mass is 16.5. The highest BCUT2D eigenvalue weighted by Crippen LogP contribution is 2.34. The summed E-state index contributed by atoms with van der Waals surface area (Å²) in [6.07, 6.45) is 4.05. The Morgan fingerprint density at radius 3 is 2.58 bits per heavy atom. The number of nitrogens with zero attached hydrogens (tertiary/aromatic N) is 2. The van der Waals surface area contributed by atoms with Gasteiger partial charge >= 0.3 is 5.97 Å². The van der Waals surface area contributed by atoms with Crippen LogP contribution in [0.3, 0.4) is 0 Å². The number of aromatic amines is 1. The highest BCUT2D eigenvalue weighted by molar-refractivity contribution is 5.98. The van der Waals surface area contributed by atoms with Crippen LogP contribution in [0.2, 0.25) is 0 Å². The summed E-state index contributed by atoms with van der Waals surface area (Å²) in [6.45, 7) is 3.92. The molecular formula is C26H31N3O4. The number of nitrogens with one attached hydrogen (secondary N) is 1. The average Bonchev–Trinajstić information content (AvgIpc) is 3.27. The summed E-state index contributed by atoms with van der Waals surface area (Å²) >= 11 is 0. The first-order valence-corrected chi connectivity index (χ1v) is 11.5. The fourth-order valence-electron chi connectivity index (χ4n) is 4.53. The van der Waals surface area contributed by atoms with Crippen molar-refractivity contribution in [3.63, 3.8) is 0 Å². The summed E-state index contributed by atoms with van der Waals surface area (Å²) in [6, 6.07) is 15.4. The quantitative estimate of drug-likeness (QED) is 0.527. The van der Waals surface area contributed by atoms with Crippen molar-refractivity contribution in [2.45, 2.75) is 25.7 Å². The van der Waals surface area contributed by atoms with E-state index < -0.39 is 5.97 Å². The van der Waals surface area contributed by atoms with Crippen LogP contribution in [0.1, 0.15) is 31.2 Å². The lowest BCUT2D eigenvalue weighted by molar-refractivity contribution is -0.142. The second-order valence-electron chi connectivity index (χ2n) is 8.33. The Morgan fingerprint density at radius 2 is 1.88 bits per heavy atom. The van der Waals surface area contributed by atoms with Crippen LogP contribution in [0.15, 0.2) is 54.7 Å². The number of para-hydroxylation sites is 1. The molecule has 0 unspecified atom stereocenters. The van der Waals surface area contributed by atoms with Crippen molar-refractivity contribution in [2.24, 2.45) is 0 Å². The molecule has 0 atom stereocenters. The molecule has 0 spiro atoms. The van der Waals surface area contributed by atoms with Crippen LogP contribution in [-0.2, 0) is 14.3 Å². The molecule has 7 heteroatoms. The second kappa shape index (κ2) is 10.5. The van der Waals surface area contributed by atoms with Gasteiger partial charge in [-0.3, -0.25) is 14.5 Å². The van der Waals surface area contributed by atoms with Crippen LogP contribution < -0.4 is 9.64 Å². The Morgan fingerprint density at radius 1 is 1.12 bits per heavy atom. The maximum Gasteiger partial charge on any atom is 0.326 e. The molecule has 2 heterocycles. The third kappa shape index (κ3) is 5.37. The molecule has 2 aromatic carbocycles. The van der Waals surface area contributed by atoms with Crippen molar-refractivity contribution in [3.8, 4) is 5.75 Å². The number of fused-ring (bicyclic) bond motifs is 1. The van der Waals surface area contributed by atoms with Crippen molar-refractivity contribution in [1.29, 1.82) is 0 Å². The number of piperidine rings is 1. The molecule has 7 nitrogen and oxygen atoms in total. The van der Waals surface area contributed by atoms with Crippen LogP contribution in [0.25, 0.3) is 10.9 Å². The normalized spacial score (nSPS) is 14.8. The third-order valence-corrected chi connectivity index (χ3v) is 6.27. The van der Waals surface area contributed by atoms with Crippen molar-refractivity contribution in [2.75, 3.05) is 44.8 Å². The number of benzene rings is 2. The maximum absolute atomic E-state index is 13.2. The third-order valence-electron chi connectivity index (χ3n) is 6.27. The molecule has 1 N–H and O–H groups in total. The zero-order chi connectivity index (χ0) is 23.2. The minimum atomic E-state index is -0.400. The molecule has 1 aliphatic heterocycles. The van der Waals surface area contributed by atoms with Gasteiger partial charge < -0.3 is 19.4 Å². The minimum absolute atomic E-state index is 0.0790. The molecule has 0 radical (unpaired) electrons. The average molecular weight is 450 g/mol. The Labute approximate surface area is 194 Å². The summed E-state index contributed by atoms with van der Waals surface area (Å²) in [5.74, 6) is 0.795. The SMILES string of the molecule is CCOC(=O)CN(C(=O)CN1CCC(c2c[nH]c3ccc(OC)cc23)CC1)c1ccccc1. The number of anilines is 1. The minimum Gasteiger partial charge on any atom is -0.497 e. The largest absolute Gasteiger partial charge is 0.497 e. The molecule has 0 saturated carbocycles. The van der Waals surface area contributed by atoms with Gasteiger partial charge in [0.1, 0.15) is 12.3 Å². The summed E-state index contributed by atoms with van der Waals surface area (Å²) in [5.41, 5.74) is 3.13. The molecule has 0 aliphatic carbocycles. The van der Waals surface area contributed by atoms with E-state index in [0.717, 1.165) is 37.2 Å². The van der Waals surface area contributed by atoms with E-state index in [1.807, 2.05) is 42.5 Å². The Balaban J connectivity index is 1.40. The summed E-state index contributed by atoms with van der Waals surface area (Å²) < 4.78 is 10.5. The molecule has 4 rings (SSSR count). The summed E-state index contributed by atoms with van der Waals surface area (Å²) in [4.78, 5) is 32.3. The van der Waals surface area contributed by atoms with E-state index in [4.69, 9.17) is 9.47 Å². The van der Waals surface area contributed by atoms with Gasteiger partial charge in [-0.05, 0) is 74.7 Å². The molecule has 1 aliphatic rings. The number of hydrogen-bond acceptors (Lipinski definition) is 5. The monoisotopic (exact) mass is 449 g/mol. The molecular weight excluding hydrogens is 418 g/mol. The smallest absolute Gasteiger partial charge is 0.326 e. The molecule has 1 saturated heterocycles. The number of methoxy groups -OCH3 is 1. The van der Waals surface area contributed by atoms with Gasteiger partial charge in [-0.25, -0.2) is 0 Å². The van der Waals surface area contributed by atoms with E-state index in [1.54, 1.807) is 14.0 Å². The lowest BCUT2D eigenvalue weighted by atomic mass is 9.89. The van der Waals surface area contributed by atoms with Gasteiger partial charge in [0.2, 0.25) is 5.91 Å². The first-order valence-electron chi connectivity index (χ1n) is 11.5. The van der Waals surface area contributed by atoms with E-state index in [1.165, 1.54) is 15.8 Å². The Hall–Kier alpha value is -3.32. The number of ether oxygens (including phenoxy) is 2. The van der Waals surface area contributed by atoms with Gasteiger partial charge in [0.15, 0.2) is 0 Å². The predicted octanol–water partition coefficient (Wildman–Crippen LogP) is 3.95. The zero-order valence-corrected chi connectivity index (χ0v) is 19.3. The summed E-state index contributed by atoms with van der Waals surface area (Å²) in [5, 5.41) is 1.20. The van der Waals surface area contributed by atoms with Crippen LogP contribution in [0.4, 0.5) is 5.69 Å². The molecule has 3 aromatic rings. The van der Waals surface area contributed by atoms with Gasteiger partial charge in [0.05, 0.1) is 20.3 Å². The maximum atomic E-state index is 13.2. The number of H-pyrrole nitrogens is 1. The molecule has 1 fully saturated rings. The molecule has 1 amide bonds. The van der Waals surface area contributed by atoms with E-state index in [0.29, 0.717) is 18.2 Å². The fraction of sp³-hybridized carbons (Fsp3) is 0.385. The van der Waals surface area contributed by atoms with Crippen LogP contribution in [-0.4, -0.2) is 61.7 Å². The van der Waals surface area contributed by atoms with Crippen LogP contribution in [0, 0.1) is 0 Å². The number of rotatable bonds is 8. The first-order chi connectivity index (χ1) is 16.1. The first kappa shape index (κ1) is 22.9. The van der Waals surface area contributed by atoms with Crippen LogP contribution in [0.5, 0.6) is 5.75 Å². The number of carbonyl (C=O) groups is 2. The molecule has 0 bridgehead atoms. The number of aromatic nitrogens is 1. The Kier molecular flexibility index (Phi) is 7.29. The number of carbonyl (C=O) groups excluding carboxylic acids is 2. The van der Waals surface area contributed by atoms with Crippen molar-refractivity contribution >= 4 is 28.5 Å². The van der Waals surface area contributed by atoms with E-state index in [-0.39, 0.29) is 19.0 Å². The topological polar surface area (TPSA) is 74.9 Å². The highest BCUT2D eigenvalue weighted by Gasteiger charge is 2.27. The standard InChI is InChI=1S/C26H31N3O4/c1-3-33-26(31)18-29(20-7-5-4-6-8-20)25(30)17-28-13-11-19(12-14-28)23-16-27-24-10-9-21(32-2)15-22(23)24/h4-10,15-16,19,27H,3,11-14,17-18H2,1-2H3. The van der Waals surface area contributed by atoms with E-state index in [9.17, 15) is 9.59 Å². The second-order valence-corrected chi connectivity index (χ2v) is 8.33. The number of esters is 1. The number of likely N-dealkylation sites (tertiary alicyclic amines) is 1. The Bertz CT molecular complexity index is 1090. The zero-order valence-electron chi connectivity index (χ0n) is 19.3. The van der Waals surface area contributed by atoms with Crippen molar-refractivity contribution < 1.29 is 19.1 Å².